The third-order valence-electron chi connectivity index (χ3n) is 2.11. The molecule has 0 unspecified atom stereocenters. The zero-order valence-corrected chi connectivity index (χ0v) is 7.20. The van der Waals surface area contributed by atoms with Crippen LogP contribution in [0, 0.1) is 0 Å². The van der Waals surface area contributed by atoms with Crippen LogP contribution in [0.5, 0.6) is 0 Å². The van der Waals surface area contributed by atoms with Crippen molar-refractivity contribution in [3.05, 3.63) is 0 Å². The molecule has 0 saturated carbocycles. The number of hydrogen-bond donors (Lipinski definition) is 4. The molecule has 1 heterocycles. The van der Waals surface area contributed by atoms with Crippen molar-refractivity contribution in [1.82, 2.24) is 0 Å². The summed E-state index contributed by atoms with van der Waals surface area (Å²) in [4.78, 5) is 0. The highest BCUT2D eigenvalue weighted by molar-refractivity contribution is 4.89. The van der Waals surface area contributed by atoms with Gasteiger partial charge in [0, 0.05) is 7.11 Å². The first-order chi connectivity index (χ1) is 6.11. The second-order valence-electron chi connectivity index (χ2n) is 2.93. The lowest BCUT2D eigenvalue weighted by Crippen LogP contribution is -2.59. The van der Waals surface area contributed by atoms with Gasteiger partial charge in [0.1, 0.15) is 24.4 Å². The smallest absolute Gasteiger partial charge is 0.184 e. The van der Waals surface area contributed by atoms with Crippen LogP contribution in [0.1, 0.15) is 0 Å². The highest BCUT2D eigenvalue weighted by atomic mass is 16.6. The SMILES string of the molecule is CO[C@H]1[C@H](O)[C@@H](O)O[C@H](CO)[C@H]1O. The topological polar surface area (TPSA) is 99.4 Å². The van der Waals surface area contributed by atoms with Crippen LogP contribution in [0.15, 0.2) is 0 Å². The van der Waals surface area contributed by atoms with Gasteiger partial charge in [-0.15, -0.1) is 0 Å². The van der Waals surface area contributed by atoms with Crippen molar-refractivity contribution in [2.75, 3.05) is 13.7 Å². The summed E-state index contributed by atoms with van der Waals surface area (Å²) in [7, 11) is 1.30. The molecule has 0 aliphatic carbocycles. The van der Waals surface area contributed by atoms with Crippen molar-refractivity contribution in [1.29, 1.82) is 0 Å². The van der Waals surface area contributed by atoms with Gasteiger partial charge in [-0.3, -0.25) is 0 Å². The van der Waals surface area contributed by atoms with E-state index >= 15 is 0 Å². The minimum atomic E-state index is -1.44. The summed E-state index contributed by atoms with van der Waals surface area (Å²) >= 11 is 0. The number of aliphatic hydroxyl groups excluding tert-OH is 4. The first kappa shape index (κ1) is 10.8. The molecule has 6 nitrogen and oxygen atoms in total. The lowest BCUT2D eigenvalue weighted by atomic mass is 9.99. The van der Waals surface area contributed by atoms with Crippen LogP contribution in [0.3, 0.4) is 0 Å². The van der Waals surface area contributed by atoms with Crippen molar-refractivity contribution in [2.45, 2.75) is 30.7 Å². The minimum Gasteiger partial charge on any atom is -0.394 e. The summed E-state index contributed by atoms with van der Waals surface area (Å²) in [5, 5.41) is 36.6. The van der Waals surface area contributed by atoms with Crippen molar-refractivity contribution >= 4 is 0 Å². The maximum Gasteiger partial charge on any atom is 0.184 e. The number of hydrogen-bond acceptors (Lipinski definition) is 6. The molecular weight excluding hydrogens is 180 g/mol. The van der Waals surface area contributed by atoms with Crippen LogP contribution in [-0.4, -0.2) is 64.8 Å². The zero-order valence-electron chi connectivity index (χ0n) is 7.20. The van der Waals surface area contributed by atoms with E-state index in [1.807, 2.05) is 0 Å². The maximum absolute atomic E-state index is 9.44. The van der Waals surface area contributed by atoms with Crippen molar-refractivity contribution < 1.29 is 29.9 Å². The molecule has 78 valence electrons. The summed E-state index contributed by atoms with van der Waals surface area (Å²) < 4.78 is 9.48. The maximum atomic E-state index is 9.44. The van der Waals surface area contributed by atoms with Crippen LogP contribution in [0.2, 0.25) is 0 Å². The molecule has 1 saturated heterocycles. The average Bonchev–Trinajstić information content (AvgIpc) is 2.12. The van der Waals surface area contributed by atoms with Crippen LogP contribution < -0.4 is 0 Å². The molecule has 0 amide bonds. The van der Waals surface area contributed by atoms with Gasteiger partial charge in [0.05, 0.1) is 6.61 Å². The summed E-state index contributed by atoms with van der Waals surface area (Å²) in [5.74, 6) is 0. The Balaban J connectivity index is 2.69. The quantitative estimate of drug-likeness (QED) is 0.386. The molecule has 1 rings (SSSR count). The van der Waals surface area contributed by atoms with Crippen molar-refractivity contribution in [2.24, 2.45) is 0 Å². The van der Waals surface area contributed by atoms with Gasteiger partial charge >= 0.3 is 0 Å². The Bertz CT molecular complexity index is 163. The Morgan fingerprint density at radius 3 is 2.31 bits per heavy atom. The number of aliphatic hydroxyl groups is 4. The van der Waals surface area contributed by atoms with Crippen LogP contribution in [-0.2, 0) is 9.47 Å². The molecule has 5 atom stereocenters. The number of methoxy groups -OCH3 is 1. The lowest BCUT2D eigenvalue weighted by Gasteiger charge is -2.39. The Morgan fingerprint density at radius 1 is 1.23 bits per heavy atom. The first-order valence-electron chi connectivity index (χ1n) is 3.95. The molecule has 1 aliphatic rings. The van der Waals surface area contributed by atoms with E-state index in [0.29, 0.717) is 0 Å². The third-order valence-corrected chi connectivity index (χ3v) is 2.11. The summed E-state index contributed by atoms with van der Waals surface area (Å²) in [6.45, 7) is -0.440. The van der Waals surface area contributed by atoms with E-state index in [4.69, 9.17) is 19.7 Å². The molecule has 0 aromatic heterocycles. The van der Waals surface area contributed by atoms with Crippen molar-refractivity contribution in [3.8, 4) is 0 Å². The number of ether oxygens (including phenoxy) is 2. The average molecular weight is 194 g/mol. The zero-order chi connectivity index (χ0) is 10.0. The third kappa shape index (κ3) is 1.98. The van der Waals surface area contributed by atoms with E-state index in [-0.39, 0.29) is 0 Å². The summed E-state index contributed by atoms with van der Waals surface area (Å²) in [6, 6.07) is 0. The van der Waals surface area contributed by atoms with Gasteiger partial charge in [0.2, 0.25) is 0 Å². The Kier molecular flexibility index (Phi) is 3.60. The normalized spacial score (nSPS) is 46.4. The monoisotopic (exact) mass is 194 g/mol. The fraction of sp³-hybridized carbons (Fsp3) is 1.00. The second-order valence-corrected chi connectivity index (χ2v) is 2.93. The Labute approximate surface area is 75.3 Å². The molecular formula is C7H14O6. The molecule has 6 heteroatoms. The van der Waals surface area contributed by atoms with Gasteiger partial charge in [0.15, 0.2) is 6.29 Å². The highest BCUT2D eigenvalue weighted by Gasteiger charge is 2.43. The van der Waals surface area contributed by atoms with E-state index in [9.17, 15) is 10.2 Å². The van der Waals surface area contributed by atoms with Gasteiger partial charge in [-0.2, -0.15) is 0 Å². The van der Waals surface area contributed by atoms with Crippen LogP contribution in [0.4, 0.5) is 0 Å². The summed E-state index contributed by atoms with van der Waals surface area (Å²) in [6.07, 6.45) is -5.76. The largest absolute Gasteiger partial charge is 0.394 e. The molecule has 0 aromatic rings. The standard InChI is InChI=1S/C7H14O6/c1-12-6-4(9)3(2-8)13-7(11)5(6)10/h3-11H,2H2,1H3/t3-,4-,5+,6-,7+/m1/s1. The van der Waals surface area contributed by atoms with Gasteiger partial charge in [-0.1, -0.05) is 0 Å². The van der Waals surface area contributed by atoms with E-state index < -0.39 is 37.3 Å². The lowest BCUT2D eigenvalue weighted by molar-refractivity contribution is -0.290. The number of rotatable bonds is 2. The molecule has 0 spiro atoms. The first-order valence-corrected chi connectivity index (χ1v) is 3.95. The van der Waals surface area contributed by atoms with Crippen LogP contribution in [0.25, 0.3) is 0 Å². The molecule has 0 aromatic carbocycles. The second kappa shape index (κ2) is 4.32. The van der Waals surface area contributed by atoms with Gasteiger partial charge in [0.25, 0.3) is 0 Å². The fourth-order valence-electron chi connectivity index (χ4n) is 1.35. The Hall–Kier alpha value is -0.240. The van der Waals surface area contributed by atoms with E-state index in [0.717, 1.165) is 0 Å². The predicted molar refractivity (Wildman–Crippen MR) is 40.8 cm³/mol. The summed E-state index contributed by atoms with van der Waals surface area (Å²) in [5.41, 5.74) is 0. The molecule has 1 aliphatic heterocycles. The van der Waals surface area contributed by atoms with Crippen LogP contribution >= 0.6 is 0 Å². The highest BCUT2D eigenvalue weighted by Crippen LogP contribution is 2.21. The Morgan fingerprint density at radius 2 is 1.85 bits per heavy atom. The van der Waals surface area contributed by atoms with Gasteiger partial charge < -0.3 is 29.9 Å². The predicted octanol–water partition coefficient (Wildman–Crippen LogP) is -2.57. The van der Waals surface area contributed by atoms with Gasteiger partial charge in [-0.05, 0) is 0 Å². The van der Waals surface area contributed by atoms with E-state index in [2.05, 4.69) is 0 Å². The van der Waals surface area contributed by atoms with Crippen molar-refractivity contribution in [3.63, 3.8) is 0 Å². The molecule has 1 fully saturated rings. The van der Waals surface area contributed by atoms with Gasteiger partial charge in [-0.25, -0.2) is 0 Å². The van der Waals surface area contributed by atoms with E-state index in [1.165, 1.54) is 7.11 Å². The molecule has 0 radical (unpaired) electrons. The van der Waals surface area contributed by atoms with E-state index in [1.54, 1.807) is 0 Å². The molecule has 4 N–H and O–H groups in total. The fourth-order valence-corrected chi connectivity index (χ4v) is 1.35. The minimum absolute atomic E-state index is 0.440. The molecule has 13 heavy (non-hydrogen) atoms. The molecule has 0 bridgehead atoms.